The van der Waals surface area contributed by atoms with E-state index in [-0.39, 0.29) is 5.04 Å². The van der Waals surface area contributed by atoms with E-state index in [1.807, 2.05) is 50.2 Å². The normalized spacial score (nSPS) is 28.3. The largest absolute Gasteiger partial charge is 0.381 e. The molecule has 2 aromatic carbocycles. The van der Waals surface area contributed by atoms with Gasteiger partial charge in [-0.3, -0.25) is 0 Å². The lowest BCUT2D eigenvalue weighted by atomic mass is 10.1. The summed E-state index contributed by atoms with van der Waals surface area (Å²) in [5.74, 6) is -0.784. The van der Waals surface area contributed by atoms with Crippen LogP contribution in [0.4, 0.5) is 0 Å². The predicted octanol–water partition coefficient (Wildman–Crippen LogP) is 3.01. The van der Waals surface area contributed by atoms with Gasteiger partial charge in [0.2, 0.25) is 0 Å². The molecule has 0 bridgehead atoms. The topological polar surface area (TPSA) is 54.0 Å². The SMILES string of the molecule is CC1(C)O[C@@H]2[C@@H](O[Si](c3ccccc3)(c3ccccc3)C(C)(C)C)O[C@H](C=O)[C@@H]2O1. The quantitative estimate of drug-likeness (QED) is 0.543. The summed E-state index contributed by atoms with van der Waals surface area (Å²) in [7, 11) is -2.84. The molecule has 2 aromatic rings. The maximum atomic E-state index is 11.7. The van der Waals surface area contributed by atoms with Crippen LogP contribution in [-0.4, -0.2) is 45.0 Å². The van der Waals surface area contributed by atoms with Crippen molar-refractivity contribution >= 4 is 25.0 Å². The molecule has 2 fully saturated rings. The lowest BCUT2D eigenvalue weighted by Crippen LogP contribution is -2.68. The summed E-state index contributed by atoms with van der Waals surface area (Å²) in [5, 5.41) is 2.09. The molecule has 0 radical (unpaired) electrons. The number of hydrogen-bond acceptors (Lipinski definition) is 5. The molecule has 0 aromatic heterocycles. The highest BCUT2D eigenvalue weighted by Crippen LogP contribution is 2.43. The second-order valence-corrected chi connectivity index (χ2v) is 13.7. The molecule has 5 nitrogen and oxygen atoms in total. The second-order valence-electron chi connectivity index (χ2n) is 9.45. The van der Waals surface area contributed by atoms with Gasteiger partial charge in [0, 0.05) is 0 Å². The van der Waals surface area contributed by atoms with Gasteiger partial charge in [0.25, 0.3) is 8.32 Å². The fourth-order valence-corrected chi connectivity index (χ4v) is 9.21. The van der Waals surface area contributed by atoms with Crippen molar-refractivity contribution in [1.82, 2.24) is 0 Å². The zero-order valence-corrected chi connectivity index (χ0v) is 19.2. The molecule has 6 heteroatoms. The molecule has 0 saturated carbocycles. The van der Waals surface area contributed by atoms with Gasteiger partial charge in [0.1, 0.15) is 18.3 Å². The molecule has 4 rings (SSSR count). The van der Waals surface area contributed by atoms with E-state index >= 15 is 0 Å². The van der Waals surface area contributed by atoms with Gasteiger partial charge in [-0.2, -0.15) is 0 Å². The molecule has 0 unspecified atom stereocenters. The number of ether oxygens (including phenoxy) is 3. The number of rotatable bonds is 5. The van der Waals surface area contributed by atoms with E-state index in [0.717, 1.165) is 16.7 Å². The number of carbonyl (C=O) groups is 1. The van der Waals surface area contributed by atoms with E-state index in [9.17, 15) is 4.79 Å². The smallest absolute Gasteiger partial charge is 0.264 e. The predicted molar refractivity (Wildman–Crippen MR) is 117 cm³/mol. The van der Waals surface area contributed by atoms with Gasteiger partial charge in [-0.15, -0.1) is 0 Å². The molecule has 30 heavy (non-hydrogen) atoms. The van der Waals surface area contributed by atoms with Crippen LogP contribution in [0, 0.1) is 0 Å². The highest BCUT2D eigenvalue weighted by molar-refractivity contribution is 6.99. The Balaban J connectivity index is 1.82. The van der Waals surface area contributed by atoms with Crippen LogP contribution in [0.25, 0.3) is 0 Å². The Kier molecular flexibility index (Phi) is 5.49. The first-order valence-electron chi connectivity index (χ1n) is 10.4. The Morgan fingerprint density at radius 2 is 1.40 bits per heavy atom. The van der Waals surface area contributed by atoms with Crippen LogP contribution in [-0.2, 0) is 23.4 Å². The van der Waals surface area contributed by atoms with Crippen LogP contribution >= 0.6 is 0 Å². The van der Waals surface area contributed by atoms with Crippen molar-refractivity contribution in [2.75, 3.05) is 0 Å². The molecule has 0 N–H and O–H groups in total. The fraction of sp³-hybridized carbons (Fsp3) is 0.458. The van der Waals surface area contributed by atoms with Gasteiger partial charge in [0.05, 0.1) is 0 Å². The second kappa shape index (κ2) is 7.69. The van der Waals surface area contributed by atoms with Crippen molar-refractivity contribution in [2.45, 2.75) is 70.0 Å². The molecule has 2 aliphatic heterocycles. The molecule has 0 amide bonds. The molecule has 160 valence electrons. The number of fused-ring (bicyclic) bond motifs is 1. The highest BCUT2D eigenvalue weighted by atomic mass is 28.4. The average Bonchev–Trinajstić information content (AvgIpc) is 3.19. The molecular formula is C24H30O5Si. The van der Waals surface area contributed by atoms with Crippen molar-refractivity contribution in [3.63, 3.8) is 0 Å². The van der Waals surface area contributed by atoms with Crippen LogP contribution in [0.5, 0.6) is 0 Å². The molecular weight excluding hydrogens is 396 g/mol. The third-order valence-electron chi connectivity index (χ3n) is 5.89. The first-order valence-corrected chi connectivity index (χ1v) is 12.3. The molecule has 2 aliphatic rings. The lowest BCUT2D eigenvalue weighted by Gasteiger charge is -2.44. The monoisotopic (exact) mass is 426 g/mol. The van der Waals surface area contributed by atoms with E-state index in [1.165, 1.54) is 0 Å². The van der Waals surface area contributed by atoms with E-state index in [1.54, 1.807) is 0 Å². The van der Waals surface area contributed by atoms with Crippen molar-refractivity contribution < 1.29 is 23.4 Å². The van der Waals surface area contributed by atoms with E-state index in [0.29, 0.717) is 0 Å². The average molecular weight is 427 g/mol. The minimum atomic E-state index is -2.84. The van der Waals surface area contributed by atoms with Crippen LogP contribution in [0.2, 0.25) is 5.04 Å². The number of carbonyl (C=O) groups excluding carboxylic acids is 1. The van der Waals surface area contributed by atoms with Gasteiger partial charge in [-0.1, -0.05) is 81.4 Å². The first kappa shape index (κ1) is 21.4. The summed E-state index contributed by atoms with van der Waals surface area (Å²) < 4.78 is 25.2. The van der Waals surface area contributed by atoms with Crippen LogP contribution in [0.15, 0.2) is 60.7 Å². The minimum absolute atomic E-state index is 0.206. The van der Waals surface area contributed by atoms with Gasteiger partial charge < -0.3 is 23.4 Å². The Bertz CT molecular complexity index is 838. The van der Waals surface area contributed by atoms with Crippen molar-refractivity contribution in [2.24, 2.45) is 0 Å². The van der Waals surface area contributed by atoms with E-state index in [2.05, 4.69) is 45.0 Å². The van der Waals surface area contributed by atoms with Crippen molar-refractivity contribution in [3.8, 4) is 0 Å². The first-order chi connectivity index (χ1) is 14.2. The number of aldehydes is 1. The molecule has 2 saturated heterocycles. The van der Waals surface area contributed by atoms with E-state index < -0.39 is 38.7 Å². The maximum Gasteiger partial charge on any atom is 0.264 e. The summed E-state index contributed by atoms with van der Waals surface area (Å²) >= 11 is 0. The summed E-state index contributed by atoms with van der Waals surface area (Å²) in [6.07, 6.45) is -1.55. The van der Waals surface area contributed by atoms with Crippen molar-refractivity contribution in [1.29, 1.82) is 0 Å². The summed E-state index contributed by atoms with van der Waals surface area (Å²) in [5.41, 5.74) is 0. The third kappa shape index (κ3) is 3.57. The lowest BCUT2D eigenvalue weighted by molar-refractivity contribution is -0.212. The standard InChI is InChI=1S/C24H30O5Si/c1-23(2,3)30(17-12-8-6-9-13-17,18-14-10-7-11-15-18)29-22-21-20(19(16-25)26-22)27-24(4,5)28-21/h6-16,19-22H,1-5H3/t19-,20+,21+,22-/m1/s1. The summed E-state index contributed by atoms with van der Waals surface area (Å²) in [6.45, 7) is 10.3. The molecule has 0 aliphatic carbocycles. The molecule has 0 spiro atoms. The molecule has 2 heterocycles. The Morgan fingerprint density at radius 3 is 1.87 bits per heavy atom. The molecule has 4 atom stereocenters. The minimum Gasteiger partial charge on any atom is -0.381 e. The van der Waals surface area contributed by atoms with Crippen molar-refractivity contribution in [3.05, 3.63) is 60.7 Å². The Morgan fingerprint density at radius 1 is 0.900 bits per heavy atom. The summed E-state index contributed by atoms with van der Waals surface area (Å²) in [4.78, 5) is 11.7. The van der Waals surface area contributed by atoms with Crippen LogP contribution in [0.1, 0.15) is 34.6 Å². The Labute approximate surface area is 179 Å². The third-order valence-corrected chi connectivity index (χ3v) is 10.9. The van der Waals surface area contributed by atoms with Gasteiger partial charge in [-0.05, 0) is 29.3 Å². The fourth-order valence-electron chi connectivity index (χ4n) is 4.66. The zero-order chi connectivity index (χ0) is 21.6. The zero-order valence-electron chi connectivity index (χ0n) is 18.2. The van der Waals surface area contributed by atoms with Crippen LogP contribution < -0.4 is 10.4 Å². The van der Waals surface area contributed by atoms with Gasteiger partial charge in [-0.25, -0.2) is 0 Å². The van der Waals surface area contributed by atoms with Gasteiger partial charge >= 0.3 is 0 Å². The number of benzene rings is 2. The summed E-state index contributed by atoms with van der Waals surface area (Å²) in [6, 6.07) is 20.7. The van der Waals surface area contributed by atoms with Crippen LogP contribution in [0.3, 0.4) is 0 Å². The van der Waals surface area contributed by atoms with Gasteiger partial charge in [0.15, 0.2) is 18.4 Å². The highest BCUT2D eigenvalue weighted by Gasteiger charge is 2.60. The van der Waals surface area contributed by atoms with E-state index in [4.69, 9.17) is 18.6 Å². The maximum absolute atomic E-state index is 11.7. The Hall–Kier alpha value is -1.83. The number of hydrogen-bond donors (Lipinski definition) is 0.